The molecule has 0 radical (unpaired) electrons. The highest BCUT2D eigenvalue weighted by Crippen LogP contribution is 2.25. The van der Waals surface area contributed by atoms with Gasteiger partial charge in [0.15, 0.2) is 48.8 Å². The summed E-state index contributed by atoms with van der Waals surface area (Å²) in [7, 11) is 2.40. The molecule has 12 atom stereocenters. The van der Waals surface area contributed by atoms with E-state index in [1.54, 1.807) is 18.2 Å². The molecule has 82 heavy (non-hydrogen) atoms. The van der Waals surface area contributed by atoms with Gasteiger partial charge in [0.1, 0.15) is 24.0 Å². The van der Waals surface area contributed by atoms with Crippen molar-refractivity contribution in [1.82, 2.24) is 20.9 Å². The highest BCUT2D eigenvalue weighted by molar-refractivity contribution is 5.91. The van der Waals surface area contributed by atoms with Gasteiger partial charge in [0.05, 0.1) is 5.56 Å². The van der Waals surface area contributed by atoms with Crippen LogP contribution in [0.3, 0.4) is 0 Å². The van der Waals surface area contributed by atoms with E-state index in [9.17, 15) is 57.6 Å². The molecule has 3 N–H and O–H groups in total. The number of carbonyl (C=O) groups excluding carboxylic acids is 10. The van der Waals surface area contributed by atoms with Crippen LogP contribution in [0, 0.1) is 29.0 Å². The zero-order valence-corrected chi connectivity index (χ0v) is 47.9. The molecule has 2 unspecified atom stereocenters. The third-order valence-corrected chi connectivity index (χ3v) is 12.7. The monoisotopic (exact) mass is 1160 g/mol. The summed E-state index contributed by atoms with van der Waals surface area (Å²) >= 11 is 0. The normalized spacial score (nSPS) is 18.9. The molecule has 0 aromatic heterocycles. The van der Waals surface area contributed by atoms with E-state index in [0.717, 1.165) is 66.4 Å². The molecule has 460 valence electrons. The molecule has 4 amide bonds. The lowest BCUT2D eigenvalue weighted by molar-refractivity contribution is -0.192. The third kappa shape index (κ3) is 25.7. The predicted octanol–water partition coefficient (Wildman–Crippen LogP) is 5.56. The van der Waals surface area contributed by atoms with E-state index in [-0.39, 0.29) is 44.7 Å². The molecule has 2 aliphatic rings. The predicted molar refractivity (Wildman–Crippen MR) is 297 cm³/mol. The Labute approximate surface area is 482 Å². The summed E-state index contributed by atoms with van der Waals surface area (Å²) in [5, 5.41) is 17.2. The molecule has 1 aromatic rings. The van der Waals surface area contributed by atoms with Crippen molar-refractivity contribution in [2.75, 3.05) is 27.3 Å². The molecule has 0 bridgehead atoms. The largest absolute Gasteiger partial charge is 0.455 e. The summed E-state index contributed by atoms with van der Waals surface area (Å²) in [5.41, 5.74) is 0.400. The number of methoxy groups -OCH3 is 2. The van der Waals surface area contributed by atoms with Gasteiger partial charge in [0.2, 0.25) is 11.8 Å². The lowest BCUT2D eigenvalue weighted by Crippen LogP contribution is -2.58. The Hall–Kier alpha value is -7.26. The third-order valence-electron chi connectivity index (χ3n) is 12.7. The zero-order chi connectivity index (χ0) is 60.2. The SMILES string of the molecule is C.C.CCC(C)/C=C/[C@@H](OC(C)=O)[C@H](OC(C)=O)[C@@H](OC(C)=O)[C@@H](OC)C(=O)N[C@H]1CCCCN(Cc2ccc(F)c(C#N)c2)C1=O.CCC(C)/C=C/[C@@H](OC(C)=O)[C@H](OC(C)=O)[C@@H](OC(C)=O)[C@@H](OC)C(=O)N[C@H]1CCCCNC1=O. The number of amides is 4. The molecule has 0 aliphatic carbocycles. The van der Waals surface area contributed by atoms with Crippen molar-refractivity contribution in [3.05, 3.63) is 59.4 Å². The minimum absolute atomic E-state index is 0. The number of likely N-dealkylation sites (tertiary alicyclic amines) is 1. The number of hydrogen-bond acceptors (Lipinski definition) is 19. The van der Waals surface area contributed by atoms with Gasteiger partial charge >= 0.3 is 35.8 Å². The van der Waals surface area contributed by atoms with E-state index in [2.05, 4.69) is 16.0 Å². The van der Waals surface area contributed by atoms with Crippen LogP contribution in [0.2, 0.25) is 0 Å². The van der Waals surface area contributed by atoms with E-state index in [1.165, 1.54) is 50.3 Å². The number of halogens is 1. The average Bonchev–Trinajstić information content (AvgIpc) is 3.86. The fraction of sp³-hybridized carbons (Fsp3) is 0.638. The molecule has 23 nitrogen and oxygen atoms in total. The van der Waals surface area contributed by atoms with Crippen LogP contribution in [0.4, 0.5) is 4.39 Å². The average molecular weight is 1160 g/mol. The zero-order valence-electron chi connectivity index (χ0n) is 47.9. The molecule has 2 saturated heterocycles. The molecule has 2 heterocycles. The van der Waals surface area contributed by atoms with Crippen LogP contribution in [0.15, 0.2) is 42.5 Å². The molecular formula is C58H88FN5O18. The fourth-order valence-corrected chi connectivity index (χ4v) is 8.43. The Morgan fingerprint density at radius 2 is 1.06 bits per heavy atom. The smallest absolute Gasteiger partial charge is 0.303 e. The number of nitriles is 1. The van der Waals surface area contributed by atoms with Crippen molar-refractivity contribution in [2.45, 2.75) is 203 Å². The maximum absolute atomic E-state index is 13.8. The van der Waals surface area contributed by atoms with Gasteiger partial charge in [-0.05, 0) is 80.2 Å². The first-order chi connectivity index (χ1) is 37.8. The summed E-state index contributed by atoms with van der Waals surface area (Å²) in [6.07, 6.45) is 0.0975. The summed E-state index contributed by atoms with van der Waals surface area (Å²) in [5.74, 6) is -7.35. The van der Waals surface area contributed by atoms with Gasteiger partial charge in [0, 0.05) is 75.4 Å². The molecule has 1 aromatic carbocycles. The van der Waals surface area contributed by atoms with Crippen LogP contribution in [-0.4, -0.2) is 153 Å². The number of ether oxygens (including phenoxy) is 8. The summed E-state index contributed by atoms with van der Waals surface area (Å²) < 4.78 is 57.3. The molecule has 24 heteroatoms. The topological polar surface area (TPSA) is 308 Å². The first-order valence-electron chi connectivity index (χ1n) is 26.6. The number of benzene rings is 1. The summed E-state index contributed by atoms with van der Waals surface area (Å²) in [4.78, 5) is 127. The van der Waals surface area contributed by atoms with Crippen molar-refractivity contribution in [3.8, 4) is 6.07 Å². The fourth-order valence-electron chi connectivity index (χ4n) is 8.43. The van der Waals surface area contributed by atoms with Crippen LogP contribution in [0.1, 0.15) is 147 Å². The lowest BCUT2D eigenvalue weighted by atomic mass is 9.98. The van der Waals surface area contributed by atoms with Gasteiger partial charge in [-0.2, -0.15) is 5.26 Å². The second kappa shape index (κ2) is 38.4. The Morgan fingerprint density at radius 3 is 1.48 bits per heavy atom. The summed E-state index contributed by atoms with van der Waals surface area (Å²) in [6.45, 7) is 15.6. The highest BCUT2D eigenvalue weighted by atomic mass is 19.1. The number of carbonyl (C=O) groups is 10. The van der Waals surface area contributed by atoms with Crippen molar-refractivity contribution in [1.29, 1.82) is 5.26 Å². The van der Waals surface area contributed by atoms with Crippen molar-refractivity contribution in [3.63, 3.8) is 0 Å². The lowest BCUT2D eigenvalue weighted by Gasteiger charge is -2.34. The van der Waals surface area contributed by atoms with E-state index in [1.807, 2.05) is 27.7 Å². The van der Waals surface area contributed by atoms with Gasteiger partial charge in [-0.1, -0.05) is 73.6 Å². The molecule has 2 aliphatic heterocycles. The minimum atomic E-state index is -1.59. The number of hydrogen-bond donors (Lipinski definition) is 3. The van der Waals surface area contributed by atoms with E-state index < -0.39 is 120 Å². The second-order valence-corrected chi connectivity index (χ2v) is 19.4. The van der Waals surface area contributed by atoms with Crippen molar-refractivity contribution in [2.24, 2.45) is 11.8 Å². The Bertz CT molecular complexity index is 2390. The summed E-state index contributed by atoms with van der Waals surface area (Å²) in [6, 6.07) is 4.00. The molecule has 0 spiro atoms. The maximum atomic E-state index is 13.8. The van der Waals surface area contributed by atoms with Gasteiger partial charge < -0.3 is 58.7 Å². The van der Waals surface area contributed by atoms with Gasteiger partial charge in [0.25, 0.3) is 11.8 Å². The number of allylic oxidation sites excluding steroid dienone is 2. The van der Waals surface area contributed by atoms with Gasteiger partial charge in [-0.25, -0.2) is 4.39 Å². The molecular weight excluding hydrogens is 1070 g/mol. The van der Waals surface area contributed by atoms with Crippen molar-refractivity contribution < 1.29 is 90.2 Å². The second-order valence-electron chi connectivity index (χ2n) is 19.4. The van der Waals surface area contributed by atoms with Gasteiger partial charge in [-0.3, -0.25) is 47.9 Å². The Balaban J connectivity index is 0.00000161. The van der Waals surface area contributed by atoms with Crippen LogP contribution in [0.25, 0.3) is 0 Å². The number of nitrogens with one attached hydrogen (secondary N) is 3. The number of nitrogens with zero attached hydrogens (tertiary/aromatic N) is 2. The Kier molecular flexibility index (Phi) is 35.0. The van der Waals surface area contributed by atoms with Crippen LogP contribution >= 0.6 is 0 Å². The highest BCUT2D eigenvalue weighted by Gasteiger charge is 2.47. The molecule has 2 fully saturated rings. The van der Waals surface area contributed by atoms with Crippen LogP contribution < -0.4 is 16.0 Å². The van der Waals surface area contributed by atoms with E-state index in [0.29, 0.717) is 44.3 Å². The number of esters is 6. The van der Waals surface area contributed by atoms with E-state index >= 15 is 0 Å². The first-order valence-corrected chi connectivity index (χ1v) is 26.6. The van der Waals surface area contributed by atoms with Crippen LogP contribution in [-0.2, 0) is 92.4 Å². The number of rotatable bonds is 26. The van der Waals surface area contributed by atoms with Crippen molar-refractivity contribution >= 4 is 59.4 Å². The molecule has 3 rings (SSSR count). The molecule has 0 saturated carbocycles. The van der Waals surface area contributed by atoms with Crippen LogP contribution in [0.5, 0.6) is 0 Å². The van der Waals surface area contributed by atoms with Gasteiger partial charge in [-0.15, -0.1) is 0 Å². The standard InChI is InChI=1S/C32H42FN3O9.C24H38N2O9.2CH4/c1-7-19(2)11-14-27(43-20(3)37)28(44-21(4)38)29(45-22(5)39)30(42-6)31(40)35-26-10-8-9-15-36(32(26)41)18-23-12-13-25(33)24(16-23)17-34;1-7-14(2)11-12-19(33-15(3)27)20(34-16(4)28)21(35-17(5)29)22(32-6)24(31)26-18-10-8-9-13-25-23(18)30;;/h11-14,16,19,26-30H,7-10,15,18H2,1-6H3,(H,35,40);11-12,14,18-22H,7-10,13H2,1-6H3,(H,25,30)(H,26,31);2*1H4/b14-11+;12-11+;;/t19?,26-,27+,28-,29+,30+;14?,18-,19+,20-,21+,22+;;/m00../s1. The maximum Gasteiger partial charge on any atom is 0.303 e. The van der Waals surface area contributed by atoms with E-state index in [4.69, 9.17) is 37.9 Å². The minimum Gasteiger partial charge on any atom is -0.455 e. The quantitative estimate of drug-likeness (QED) is 0.0580. The Morgan fingerprint density at radius 1 is 0.646 bits per heavy atom. The first kappa shape index (κ1) is 74.7.